The third-order valence-corrected chi connectivity index (χ3v) is 6.03. The van der Waals surface area contributed by atoms with Crippen molar-refractivity contribution in [2.24, 2.45) is 0 Å². The monoisotopic (exact) mass is 509 g/mol. The van der Waals surface area contributed by atoms with Gasteiger partial charge in [-0.25, -0.2) is 18.0 Å². The van der Waals surface area contributed by atoms with E-state index in [9.17, 15) is 22.8 Å². The summed E-state index contributed by atoms with van der Waals surface area (Å²) in [6, 6.07) is 8.89. The Morgan fingerprint density at radius 1 is 0.971 bits per heavy atom. The van der Waals surface area contributed by atoms with Gasteiger partial charge in [-0.15, -0.1) is 0 Å². The maximum absolute atomic E-state index is 12.3. The molecule has 0 atom stereocenters. The highest BCUT2D eigenvalue weighted by molar-refractivity contribution is 7.89. The van der Waals surface area contributed by atoms with Crippen molar-refractivity contribution in [3.8, 4) is 11.5 Å². The molecule has 2 aromatic carbocycles. The van der Waals surface area contributed by atoms with Gasteiger partial charge >= 0.3 is 12.0 Å². The van der Waals surface area contributed by atoms with E-state index < -0.39 is 34.5 Å². The average molecular weight is 510 g/mol. The zero-order valence-corrected chi connectivity index (χ0v) is 20.5. The molecule has 0 unspecified atom stereocenters. The molecule has 13 heteroatoms. The molecule has 2 rings (SSSR count). The maximum Gasteiger partial charge on any atom is 0.338 e. The van der Waals surface area contributed by atoms with Gasteiger partial charge in [0.05, 0.1) is 30.8 Å². The van der Waals surface area contributed by atoms with Crippen LogP contribution in [0.2, 0.25) is 0 Å². The average Bonchev–Trinajstić information content (AvgIpc) is 2.83. The van der Waals surface area contributed by atoms with Crippen molar-refractivity contribution < 1.29 is 41.8 Å². The van der Waals surface area contributed by atoms with Gasteiger partial charge in [0.1, 0.15) is 0 Å². The highest BCUT2D eigenvalue weighted by atomic mass is 32.2. The molecule has 3 amide bonds. The molecule has 0 bridgehead atoms. The smallest absolute Gasteiger partial charge is 0.338 e. The standard InChI is InChI=1S/C22H27N3O9S/c1-5-32-18-11-10-16(13-19(18)33-6-2)23-22(28)24-20(26)14-34-21(27)15-8-7-9-17(12-15)35(29,30)25(3)31-4/h7-13H,5-6,14H2,1-4H3,(H2,23,24,26,28). The van der Waals surface area contributed by atoms with E-state index >= 15 is 0 Å². The lowest BCUT2D eigenvalue weighted by Crippen LogP contribution is -2.37. The number of amides is 3. The zero-order chi connectivity index (χ0) is 26.0. The van der Waals surface area contributed by atoms with Crippen molar-refractivity contribution in [2.75, 3.05) is 39.3 Å². The lowest BCUT2D eigenvalue weighted by Gasteiger charge is -2.14. The van der Waals surface area contributed by atoms with Crippen LogP contribution in [0.3, 0.4) is 0 Å². The van der Waals surface area contributed by atoms with Crippen molar-refractivity contribution in [1.82, 2.24) is 9.79 Å². The molecule has 0 aromatic heterocycles. The van der Waals surface area contributed by atoms with Gasteiger partial charge in [0.25, 0.3) is 15.9 Å². The predicted octanol–water partition coefficient (Wildman–Crippen LogP) is 2.17. The van der Waals surface area contributed by atoms with E-state index in [0.29, 0.717) is 34.9 Å². The molecule has 0 saturated heterocycles. The fraction of sp³-hybridized carbons (Fsp3) is 0.318. The van der Waals surface area contributed by atoms with Crippen LogP contribution in [0.4, 0.5) is 10.5 Å². The van der Waals surface area contributed by atoms with Crippen molar-refractivity contribution in [3.63, 3.8) is 0 Å². The minimum absolute atomic E-state index is 0.106. The Morgan fingerprint density at radius 2 is 1.66 bits per heavy atom. The summed E-state index contributed by atoms with van der Waals surface area (Å²) in [6.45, 7) is 3.68. The van der Waals surface area contributed by atoms with Gasteiger partial charge in [-0.05, 0) is 44.2 Å². The molecular weight excluding hydrogens is 482 g/mol. The molecule has 35 heavy (non-hydrogen) atoms. The minimum atomic E-state index is -3.98. The number of esters is 1. The lowest BCUT2D eigenvalue weighted by molar-refractivity contribution is -0.123. The molecule has 2 aromatic rings. The van der Waals surface area contributed by atoms with E-state index in [4.69, 9.17) is 14.2 Å². The van der Waals surface area contributed by atoms with Gasteiger partial charge in [0.15, 0.2) is 18.1 Å². The molecule has 0 fully saturated rings. The Kier molecular flexibility index (Phi) is 9.99. The van der Waals surface area contributed by atoms with Gasteiger partial charge in [-0.1, -0.05) is 10.5 Å². The van der Waals surface area contributed by atoms with Crippen LogP contribution < -0.4 is 20.1 Å². The fourth-order valence-electron chi connectivity index (χ4n) is 2.70. The number of urea groups is 1. The third-order valence-electron chi connectivity index (χ3n) is 4.35. The van der Waals surface area contributed by atoms with Crippen molar-refractivity contribution in [1.29, 1.82) is 0 Å². The molecule has 0 saturated carbocycles. The number of sulfonamides is 1. The number of hydroxylamine groups is 1. The van der Waals surface area contributed by atoms with Crippen molar-refractivity contribution >= 4 is 33.6 Å². The summed E-state index contributed by atoms with van der Waals surface area (Å²) in [5, 5.41) is 4.50. The molecule has 0 heterocycles. The fourth-order valence-corrected chi connectivity index (χ4v) is 3.72. The number of carbonyl (C=O) groups excluding carboxylic acids is 3. The van der Waals surface area contributed by atoms with E-state index in [-0.39, 0.29) is 10.5 Å². The Labute approximate surface area is 203 Å². The normalized spacial score (nSPS) is 11.0. The number of carbonyl (C=O) groups is 3. The van der Waals surface area contributed by atoms with Crippen LogP contribution >= 0.6 is 0 Å². The number of ether oxygens (including phenoxy) is 3. The van der Waals surface area contributed by atoms with Crippen LogP contribution in [0.25, 0.3) is 0 Å². The first-order valence-corrected chi connectivity index (χ1v) is 11.9. The number of anilines is 1. The SMILES string of the molecule is CCOc1ccc(NC(=O)NC(=O)COC(=O)c2cccc(S(=O)(=O)N(C)OC)c2)cc1OCC. The van der Waals surface area contributed by atoms with Crippen LogP contribution in [0.1, 0.15) is 24.2 Å². The highest BCUT2D eigenvalue weighted by Crippen LogP contribution is 2.30. The summed E-state index contributed by atoms with van der Waals surface area (Å²) in [4.78, 5) is 40.9. The molecule has 0 aliphatic heterocycles. The van der Waals surface area contributed by atoms with Crippen LogP contribution in [0.15, 0.2) is 47.4 Å². The van der Waals surface area contributed by atoms with E-state index in [1.54, 1.807) is 25.1 Å². The predicted molar refractivity (Wildman–Crippen MR) is 125 cm³/mol. The van der Waals surface area contributed by atoms with Gasteiger partial charge in [0, 0.05) is 18.8 Å². The van der Waals surface area contributed by atoms with Crippen molar-refractivity contribution in [2.45, 2.75) is 18.7 Å². The van der Waals surface area contributed by atoms with Crippen LogP contribution in [-0.2, 0) is 24.4 Å². The number of rotatable bonds is 11. The number of hydrogen-bond donors (Lipinski definition) is 2. The van der Waals surface area contributed by atoms with E-state index in [1.807, 2.05) is 12.2 Å². The largest absolute Gasteiger partial charge is 0.490 e. The van der Waals surface area contributed by atoms with Crippen LogP contribution in [0, 0.1) is 0 Å². The van der Waals surface area contributed by atoms with Gasteiger partial charge in [-0.3, -0.25) is 14.9 Å². The Morgan fingerprint density at radius 3 is 2.31 bits per heavy atom. The maximum atomic E-state index is 12.3. The summed E-state index contributed by atoms with van der Waals surface area (Å²) < 4.78 is 41.1. The van der Waals surface area contributed by atoms with Crippen molar-refractivity contribution in [3.05, 3.63) is 48.0 Å². The Balaban J connectivity index is 1.94. The molecule has 0 radical (unpaired) electrons. The van der Waals surface area contributed by atoms with E-state index in [2.05, 4.69) is 10.2 Å². The first-order chi connectivity index (χ1) is 16.6. The molecule has 0 aliphatic rings. The van der Waals surface area contributed by atoms with E-state index in [0.717, 1.165) is 6.07 Å². The summed E-state index contributed by atoms with van der Waals surface area (Å²) in [7, 11) is -1.61. The molecule has 12 nitrogen and oxygen atoms in total. The summed E-state index contributed by atoms with van der Waals surface area (Å²) in [5.41, 5.74) is 0.240. The Bertz CT molecular complexity index is 1170. The van der Waals surface area contributed by atoms with Gasteiger partial charge in [0.2, 0.25) is 0 Å². The van der Waals surface area contributed by atoms with E-state index in [1.165, 1.54) is 32.4 Å². The first-order valence-electron chi connectivity index (χ1n) is 10.4. The number of imide groups is 1. The van der Waals surface area contributed by atoms with Gasteiger partial charge < -0.3 is 19.5 Å². The third kappa shape index (κ3) is 7.67. The number of nitrogens with zero attached hydrogens (tertiary/aromatic N) is 1. The molecule has 2 N–H and O–H groups in total. The molecule has 0 spiro atoms. The first kappa shape index (κ1) is 27.6. The van der Waals surface area contributed by atoms with Crippen LogP contribution in [-0.4, -0.2) is 64.8 Å². The lowest BCUT2D eigenvalue weighted by atomic mass is 10.2. The molecule has 0 aliphatic carbocycles. The number of benzene rings is 2. The summed E-state index contributed by atoms with van der Waals surface area (Å²) in [6.07, 6.45) is 0. The van der Waals surface area contributed by atoms with Crippen LogP contribution in [0.5, 0.6) is 11.5 Å². The second kappa shape index (κ2) is 12.7. The second-order valence-electron chi connectivity index (χ2n) is 6.73. The summed E-state index contributed by atoms with van der Waals surface area (Å²) >= 11 is 0. The number of hydrogen-bond acceptors (Lipinski definition) is 9. The topological polar surface area (TPSA) is 150 Å². The Hall–Kier alpha value is -3.68. The quantitative estimate of drug-likeness (QED) is 0.343. The highest BCUT2D eigenvalue weighted by Gasteiger charge is 2.22. The zero-order valence-electron chi connectivity index (χ0n) is 19.7. The second-order valence-corrected chi connectivity index (χ2v) is 8.67. The summed E-state index contributed by atoms with van der Waals surface area (Å²) in [5.74, 6) is -0.914. The molecular formula is C22H27N3O9S. The molecule has 190 valence electrons. The number of nitrogens with one attached hydrogen (secondary N) is 2. The minimum Gasteiger partial charge on any atom is -0.490 e. The van der Waals surface area contributed by atoms with Gasteiger partial charge in [-0.2, -0.15) is 0 Å².